The molecule has 1 heterocycles. The van der Waals surface area contributed by atoms with Crippen molar-refractivity contribution in [2.45, 2.75) is 23.1 Å². The van der Waals surface area contributed by atoms with Gasteiger partial charge >= 0.3 is 0 Å². The molecule has 0 radical (unpaired) electrons. The van der Waals surface area contributed by atoms with Crippen LogP contribution in [0.25, 0.3) is 0 Å². The number of thioether (sulfide) groups is 1. The molecule has 1 unspecified atom stereocenters. The predicted octanol–water partition coefficient (Wildman–Crippen LogP) is 4.26. The second-order valence-corrected chi connectivity index (χ2v) is 7.34. The van der Waals surface area contributed by atoms with Crippen LogP contribution in [0.2, 0.25) is 0 Å². The first-order valence-corrected chi connectivity index (χ1v) is 8.74. The first-order chi connectivity index (χ1) is 10.3. The van der Waals surface area contributed by atoms with Gasteiger partial charge in [-0.1, -0.05) is 34.1 Å². The van der Waals surface area contributed by atoms with Gasteiger partial charge in [-0.25, -0.2) is 0 Å². The molecule has 0 saturated heterocycles. The summed E-state index contributed by atoms with van der Waals surface area (Å²) in [4.78, 5) is 1.40. The van der Waals surface area contributed by atoms with Crippen LogP contribution >= 0.6 is 27.7 Å². The molecule has 4 heteroatoms. The van der Waals surface area contributed by atoms with E-state index in [2.05, 4.69) is 57.6 Å². The van der Waals surface area contributed by atoms with Crippen LogP contribution in [-0.4, -0.2) is 18.9 Å². The minimum absolute atomic E-state index is 0.513. The maximum Gasteiger partial charge on any atom is 0.119 e. The highest BCUT2D eigenvalue weighted by molar-refractivity contribution is 9.10. The normalized spacial score (nSPS) is 16.8. The van der Waals surface area contributed by atoms with E-state index in [1.807, 2.05) is 24.9 Å². The highest BCUT2D eigenvalue weighted by Gasteiger charge is 2.22. The van der Waals surface area contributed by atoms with Crippen molar-refractivity contribution in [2.24, 2.45) is 0 Å². The molecular formula is C17H18BrNOS. The van der Waals surface area contributed by atoms with Crippen molar-refractivity contribution in [1.29, 1.82) is 0 Å². The first-order valence-electron chi connectivity index (χ1n) is 7.06. The second kappa shape index (κ2) is 6.86. The van der Waals surface area contributed by atoms with Crippen LogP contribution in [0.3, 0.4) is 0 Å². The minimum Gasteiger partial charge on any atom is -0.492 e. The van der Waals surface area contributed by atoms with Gasteiger partial charge in [0.1, 0.15) is 12.4 Å². The van der Waals surface area contributed by atoms with E-state index in [9.17, 15) is 0 Å². The number of hydrogen-bond acceptors (Lipinski definition) is 3. The molecule has 1 atom stereocenters. The van der Waals surface area contributed by atoms with Gasteiger partial charge < -0.3 is 10.1 Å². The molecule has 2 aromatic carbocycles. The average molecular weight is 364 g/mol. The number of ether oxygens (including phenoxy) is 1. The highest BCUT2D eigenvalue weighted by atomic mass is 79.9. The number of benzene rings is 2. The number of hydrogen-bond donors (Lipinski definition) is 1. The van der Waals surface area contributed by atoms with Gasteiger partial charge in [0.25, 0.3) is 0 Å². The summed E-state index contributed by atoms with van der Waals surface area (Å²) in [6.45, 7) is 1.58. The van der Waals surface area contributed by atoms with Crippen LogP contribution < -0.4 is 10.1 Å². The predicted molar refractivity (Wildman–Crippen MR) is 92.2 cm³/mol. The molecular weight excluding hydrogens is 346 g/mol. The van der Waals surface area contributed by atoms with Crippen LogP contribution in [0, 0.1) is 0 Å². The molecule has 0 bridgehead atoms. The summed E-state index contributed by atoms with van der Waals surface area (Å²) in [6.07, 6.45) is 1.10. The zero-order chi connectivity index (χ0) is 14.7. The van der Waals surface area contributed by atoms with Crippen LogP contribution in [0.1, 0.15) is 11.1 Å². The fourth-order valence-corrected chi connectivity index (χ4v) is 4.11. The standard InChI is InChI=1S/C17H18BrNOS/c1-19-10-13-8-14(6-7-16(13)18)20-11-15-9-12-4-2-3-5-17(12)21-15/h2-8,15,19H,9-11H2,1H3. The van der Waals surface area contributed by atoms with Crippen molar-refractivity contribution in [3.8, 4) is 5.75 Å². The summed E-state index contributed by atoms with van der Waals surface area (Å²) in [5.74, 6) is 0.944. The van der Waals surface area contributed by atoms with Gasteiger partial charge in [-0.05, 0) is 48.9 Å². The molecule has 0 fully saturated rings. The monoisotopic (exact) mass is 363 g/mol. The Bertz CT molecular complexity index is 607. The third kappa shape index (κ3) is 3.62. The number of halogens is 1. The van der Waals surface area contributed by atoms with Crippen molar-refractivity contribution in [3.05, 3.63) is 58.1 Å². The van der Waals surface area contributed by atoms with Crippen LogP contribution in [-0.2, 0) is 13.0 Å². The Morgan fingerprint density at radius 3 is 2.95 bits per heavy atom. The molecule has 0 amide bonds. The quantitative estimate of drug-likeness (QED) is 0.857. The molecule has 1 aliphatic rings. The fraction of sp³-hybridized carbons (Fsp3) is 0.294. The average Bonchev–Trinajstić information content (AvgIpc) is 2.91. The second-order valence-electron chi connectivity index (χ2n) is 5.15. The first kappa shape index (κ1) is 14.9. The molecule has 3 rings (SSSR count). The zero-order valence-corrected chi connectivity index (χ0v) is 14.3. The third-order valence-corrected chi connectivity index (χ3v) is 5.60. The lowest BCUT2D eigenvalue weighted by Crippen LogP contribution is -2.13. The molecule has 0 saturated carbocycles. The SMILES string of the molecule is CNCc1cc(OCC2Cc3ccccc3S2)ccc1Br. The van der Waals surface area contributed by atoms with Gasteiger partial charge in [-0.2, -0.15) is 0 Å². The van der Waals surface area contributed by atoms with Crippen LogP contribution in [0.4, 0.5) is 0 Å². The van der Waals surface area contributed by atoms with E-state index in [4.69, 9.17) is 4.74 Å². The van der Waals surface area contributed by atoms with Crippen molar-refractivity contribution in [3.63, 3.8) is 0 Å². The number of nitrogens with one attached hydrogen (secondary N) is 1. The van der Waals surface area contributed by atoms with E-state index in [1.54, 1.807) is 0 Å². The molecule has 1 aliphatic heterocycles. The van der Waals surface area contributed by atoms with Gasteiger partial charge in [-0.3, -0.25) is 0 Å². The van der Waals surface area contributed by atoms with Gasteiger partial charge in [0, 0.05) is 21.2 Å². The molecule has 2 aromatic rings. The number of rotatable bonds is 5. The molecule has 0 spiro atoms. The van der Waals surface area contributed by atoms with Gasteiger partial charge in [0.2, 0.25) is 0 Å². The Morgan fingerprint density at radius 2 is 2.14 bits per heavy atom. The maximum absolute atomic E-state index is 5.99. The lowest BCUT2D eigenvalue weighted by Gasteiger charge is -2.13. The molecule has 21 heavy (non-hydrogen) atoms. The van der Waals surface area contributed by atoms with Gasteiger partial charge in [0.05, 0.1) is 0 Å². The summed E-state index contributed by atoms with van der Waals surface area (Å²) >= 11 is 5.50. The van der Waals surface area contributed by atoms with E-state index in [1.165, 1.54) is 16.0 Å². The van der Waals surface area contributed by atoms with E-state index < -0.39 is 0 Å². The lowest BCUT2D eigenvalue weighted by atomic mass is 10.1. The maximum atomic E-state index is 5.99. The van der Waals surface area contributed by atoms with Crippen molar-refractivity contribution >= 4 is 27.7 Å². The minimum atomic E-state index is 0.513. The van der Waals surface area contributed by atoms with E-state index in [0.717, 1.165) is 29.8 Å². The Kier molecular flexibility index (Phi) is 4.88. The summed E-state index contributed by atoms with van der Waals surface area (Å²) in [6, 6.07) is 14.8. The Hall–Kier alpha value is -0.970. The topological polar surface area (TPSA) is 21.3 Å². The van der Waals surface area contributed by atoms with E-state index in [0.29, 0.717) is 5.25 Å². The largest absolute Gasteiger partial charge is 0.492 e. The molecule has 0 aromatic heterocycles. The van der Waals surface area contributed by atoms with Crippen LogP contribution in [0.15, 0.2) is 51.8 Å². The molecule has 1 N–H and O–H groups in total. The third-order valence-electron chi connectivity index (χ3n) is 3.53. The van der Waals surface area contributed by atoms with E-state index in [-0.39, 0.29) is 0 Å². The Morgan fingerprint density at radius 1 is 1.29 bits per heavy atom. The van der Waals surface area contributed by atoms with Crippen LogP contribution in [0.5, 0.6) is 5.75 Å². The Labute approximate surface area is 138 Å². The molecule has 110 valence electrons. The summed E-state index contributed by atoms with van der Waals surface area (Å²) in [5, 5.41) is 3.68. The van der Waals surface area contributed by atoms with Gasteiger partial charge in [0.15, 0.2) is 0 Å². The summed E-state index contributed by atoms with van der Waals surface area (Å²) in [7, 11) is 1.95. The Balaban J connectivity index is 1.60. The zero-order valence-electron chi connectivity index (χ0n) is 11.9. The van der Waals surface area contributed by atoms with Crippen molar-refractivity contribution in [1.82, 2.24) is 5.32 Å². The lowest BCUT2D eigenvalue weighted by molar-refractivity contribution is 0.317. The number of fused-ring (bicyclic) bond motifs is 1. The van der Waals surface area contributed by atoms with Gasteiger partial charge in [-0.15, -0.1) is 11.8 Å². The smallest absolute Gasteiger partial charge is 0.119 e. The highest BCUT2D eigenvalue weighted by Crippen LogP contribution is 2.37. The van der Waals surface area contributed by atoms with Crippen molar-refractivity contribution in [2.75, 3.05) is 13.7 Å². The van der Waals surface area contributed by atoms with Crippen molar-refractivity contribution < 1.29 is 4.74 Å². The summed E-state index contributed by atoms with van der Waals surface area (Å²) < 4.78 is 7.11. The van der Waals surface area contributed by atoms with E-state index >= 15 is 0 Å². The molecule has 2 nitrogen and oxygen atoms in total. The molecule has 0 aliphatic carbocycles. The fourth-order valence-electron chi connectivity index (χ4n) is 2.50. The summed E-state index contributed by atoms with van der Waals surface area (Å²) in [5.41, 5.74) is 2.67.